The molecule has 1 rings (SSSR count). The zero-order valence-corrected chi connectivity index (χ0v) is 6.73. The highest BCUT2D eigenvalue weighted by Gasteiger charge is 2.22. The van der Waals surface area contributed by atoms with Crippen molar-refractivity contribution in [2.24, 2.45) is 0 Å². The Kier molecular flexibility index (Phi) is 2.32. The van der Waals surface area contributed by atoms with Crippen LogP contribution in [0, 0.1) is 15.9 Å². The number of anilines is 1. The zero-order chi connectivity index (χ0) is 10.9. The number of hydrogen-bond donors (Lipinski definition) is 2. The zero-order valence-electron chi connectivity index (χ0n) is 6.73. The first-order chi connectivity index (χ1) is 6.43. The Labute approximate surface area is 76.9 Å². The molecule has 1 aromatic carbocycles. The molecule has 0 bridgehead atoms. The minimum Gasteiger partial charge on any atom is -0.477 e. The van der Waals surface area contributed by atoms with Gasteiger partial charge in [-0.15, -0.1) is 0 Å². The predicted octanol–water partition coefficient (Wildman–Crippen LogP) is 1.01. The third-order valence-corrected chi connectivity index (χ3v) is 1.54. The molecule has 0 aromatic heterocycles. The molecule has 0 fully saturated rings. The van der Waals surface area contributed by atoms with Gasteiger partial charge < -0.3 is 10.8 Å². The predicted molar refractivity (Wildman–Crippen MR) is 44.4 cm³/mol. The van der Waals surface area contributed by atoms with Gasteiger partial charge in [0.05, 0.1) is 16.7 Å². The molecule has 0 atom stereocenters. The lowest BCUT2D eigenvalue weighted by Crippen LogP contribution is -2.05. The van der Waals surface area contributed by atoms with Crippen molar-refractivity contribution >= 4 is 17.3 Å². The van der Waals surface area contributed by atoms with Gasteiger partial charge in [0.15, 0.2) is 5.82 Å². The number of nitrogens with two attached hydrogens (primary N) is 1. The number of nitrogen functional groups attached to an aromatic ring is 1. The molecule has 3 N–H and O–H groups in total. The second-order valence-electron chi connectivity index (χ2n) is 2.45. The number of nitrogens with zero attached hydrogens (tertiary/aromatic N) is 1. The Morgan fingerprint density at radius 2 is 2.14 bits per heavy atom. The third-order valence-electron chi connectivity index (χ3n) is 1.54. The summed E-state index contributed by atoms with van der Waals surface area (Å²) in [4.78, 5) is 19.9. The van der Waals surface area contributed by atoms with Crippen molar-refractivity contribution in [1.29, 1.82) is 0 Å². The largest absolute Gasteiger partial charge is 0.477 e. The lowest BCUT2D eigenvalue weighted by atomic mass is 10.1. The quantitative estimate of drug-likeness (QED) is 0.421. The number of aromatic carboxylic acids is 1. The Bertz CT molecular complexity index is 379. The van der Waals surface area contributed by atoms with E-state index >= 15 is 0 Å². The molecule has 0 saturated heterocycles. The van der Waals surface area contributed by atoms with Crippen LogP contribution < -0.4 is 5.73 Å². The van der Waals surface area contributed by atoms with Gasteiger partial charge in [0.2, 0.25) is 0 Å². The van der Waals surface area contributed by atoms with Crippen LogP contribution in [-0.2, 0) is 0 Å². The molecule has 0 aliphatic heterocycles. The summed E-state index contributed by atoms with van der Waals surface area (Å²) in [6.45, 7) is 0. The van der Waals surface area contributed by atoms with Gasteiger partial charge in [0.1, 0.15) is 5.56 Å². The van der Waals surface area contributed by atoms with Crippen LogP contribution in [0.2, 0.25) is 0 Å². The fourth-order valence-electron chi connectivity index (χ4n) is 0.902. The normalized spacial score (nSPS) is 9.79. The van der Waals surface area contributed by atoms with Gasteiger partial charge in [-0.05, 0) is 6.07 Å². The molecular formula is C7H5FN2O4. The summed E-state index contributed by atoms with van der Waals surface area (Å²) in [6.07, 6.45) is 0. The number of nitro benzene ring substituents is 1. The van der Waals surface area contributed by atoms with Crippen LogP contribution in [0.1, 0.15) is 10.4 Å². The maximum atomic E-state index is 12.8. The van der Waals surface area contributed by atoms with Crippen LogP contribution in [0.15, 0.2) is 12.1 Å². The van der Waals surface area contributed by atoms with E-state index in [0.717, 1.165) is 6.07 Å². The van der Waals surface area contributed by atoms with E-state index in [1.807, 2.05) is 0 Å². The standard InChI is InChI=1S/C7H5FN2O4/c8-4-2-6(10(13)14)3(7(11)12)1-5(4)9/h1-2H,9H2,(H,11,12). The number of carboxylic acid groups (broad SMARTS) is 1. The molecular weight excluding hydrogens is 195 g/mol. The SMILES string of the molecule is Nc1cc(C(=O)O)c([N+](=O)[O-])cc1F. The molecule has 0 aliphatic carbocycles. The number of carbonyl (C=O) groups is 1. The second-order valence-corrected chi connectivity index (χ2v) is 2.45. The van der Waals surface area contributed by atoms with Crippen molar-refractivity contribution in [1.82, 2.24) is 0 Å². The van der Waals surface area contributed by atoms with Gasteiger partial charge in [0, 0.05) is 0 Å². The van der Waals surface area contributed by atoms with E-state index in [0.29, 0.717) is 6.07 Å². The van der Waals surface area contributed by atoms with Gasteiger partial charge in [0.25, 0.3) is 5.69 Å². The summed E-state index contributed by atoms with van der Waals surface area (Å²) in [5.41, 5.74) is 3.18. The molecule has 0 amide bonds. The minimum atomic E-state index is -1.52. The van der Waals surface area contributed by atoms with E-state index in [2.05, 4.69) is 0 Å². The molecule has 0 heterocycles. The molecule has 6 nitrogen and oxygen atoms in total. The fourth-order valence-corrected chi connectivity index (χ4v) is 0.902. The first kappa shape index (κ1) is 9.90. The summed E-state index contributed by atoms with van der Waals surface area (Å²) in [6, 6.07) is 1.20. The highest BCUT2D eigenvalue weighted by Crippen LogP contribution is 2.24. The molecule has 0 spiro atoms. The van der Waals surface area contributed by atoms with E-state index in [-0.39, 0.29) is 0 Å². The number of nitro groups is 1. The molecule has 7 heteroatoms. The lowest BCUT2D eigenvalue weighted by Gasteiger charge is -2.00. The third kappa shape index (κ3) is 1.60. The van der Waals surface area contributed by atoms with Crippen molar-refractivity contribution in [2.75, 3.05) is 5.73 Å². The monoisotopic (exact) mass is 200 g/mol. The Balaban J connectivity index is 3.46. The van der Waals surface area contributed by atoms with Crippen LogP contribution in [-0.4, -0.2) is 16.0 Å². The highest BCUT2D eigenvalue weighted by molar-refractivity contribution is 5.93. The average molecular weight is 200 g/mol. The van der Waals surface area contributed by atoms with E-state index in [1.54, 1.807) is 0 Å². The van der Waals surface area contributed by atoms with Gasteiger partial charge in [-0.25, -0.2) is 9.18 Å². The van der Waals surface area contributed by atoms with Crippen LogP contribution in [0.5, 0.6) is 0 Å². The molecule has 0 radical (unpaired) electrons. The minimum absolute atomic E-state index is 0.437. The first-order valence-corrected chi connectivity index (χ1v) is 3.40. The fraction of sp³-hybridized carbons (Fsp3) is 0. The molecule has 1 aromatic rings. The summed E-state index contributed by atoms with van der Waals surface area (Å²) in [5, 5.41) is 18.9. The summed E-state index contributed by atoms with van der Waals surface area (Å²) < 4.78 is 12.8. The maximum absolute atomic E-state index is 12.8. The Morgan fingerprint density at radius 1 is 1.57 bits per heavy atom. The van der Waals surface area contributed by atoms with Gasteiger partial charge in [-0.2, -0.15) is 0 Å². The van der Waals surface area contributed by atoms with Crippen molar-refractivity contribution in [2.45, 2.75) is 0 Å². The number of carboxylic acids is 1. The second kappa shape index (κ2) is 3.29. The molecule has 0 saturated carbocycles. The van der Waals surface area contributed by atoms with Crippen LogP contribution in [0.4, 0.5) is 15.8 Å². The molecule has 0 aliphatic rings. The smallest absolute Gasteiger partial charge is 0.342 e. The van der Waals surface area contributed by atoms with Crippen molar-refractivity contribution in [3.63, 3.8) is 0 Å². The summed E-state index contributed by atoms with van der Waals surface area (Å²) in [7, 11) is 0. The first-order valence-electron chi connectivity index (χ1n) is 3.40. The van der Waals surface area contributed by atoms with Gasteiger partial charge in [-0.3, -0.25) is 10.1 Å². The number of rotatable bonds is 2. The van der Waals surface area contributed by atoms with Crippen LogP contribution >= 0.6 is 0 Å². The highest BCUT2D eigenvalue weighted by atomic mass is 19.1. The van der Waals surface area contributed by atoms with Crippen LogP contribution in [0.25, 0.3) is 0 Å². The molecule has 74 valence electrons. The maximum Gasteiger partial charge on any atom is 0.342 e. The molecule has 0 unspecified atom stereocenters. The van der Waals surface area contributed by atoms with Crippen molar-refractivity contribution in [3.05, 3.63) is 33.6 Å². The molecule has 14 heavy (non-hydrogen) atoms. The number of halogens is 1. The van der Waals surface area contributed by atoms with E-state index in [9.17, 15) is 19.3 Å². The number of hydrogen-bond acceptors (Lipinski definition) is 4. The number of benzene rings is 1. The Morgan fingerprint density at radius 3 is 2.57 bits per heavy atom. The summed E-state index contributed by atoms with van der Waals surface area (Å²) in [5.74, 6) is -2.54. The average Bonchev–Trinajstić information content (AvgIpc) is 2.08. The lowest BCUT2D eigenvalue weighted by molar-refractivity contribution is -0.385. The van der Waals surface area contributed by atoms with Crippen LogP contribution in [0.3, 0.4) is 0 Å². The van der Waals surface area contributed by atoms with Crippen molar-refractivity contribution in [3.8, 4) is 0 Å². The van der Waals surface area contributed by atoms with E-state index in [4.69, 9.17) is 10.8 Å². The Hall–Kier alpha value is -2.18. The topological polar surface area (TPSA) is 106 Å². The van der Waals surface area contributed by atoms with Crippen molar-refractivity contribution < 1.29 is 19.2 Å². The van der Waals surface area contributed by atoms with E-state index < -0.39 is 33.6 Å². The van der Waals surface area contributed by atoms with E-state index in [1.165, 1.54) is 0 Å². The van der Waals surface area contributed by atoms with Gasteiger partial charge >= 0.3 is 5.97 Å². The summed E-state index contributed by atoms with van der Waals surface area (Å²) >= 11 is 0. The van der Waals surface area contributed by atoms with Gasteiger partial charge in [-0.1, -0.05) is 0 Å².